The Kier molecular flexibility index (Phi) is 5.42. The summed E-state index contributed by atoms with van der Waals surface area (Å²) in [5, 5.41) is -0.292. The molecule has 0 bridgehead atoms. The highest BCUT2D eigenvalue weighted by Gasteiger charge is 2.13. The van der Waals surface area contributed by atoms with Crippen LogP contribution >= 0.6 is 11.6 Å². The van der Waals surface area contributed by atoms with Gasteiger partial charge in [0.1, 0.15) is 5.82 Å². The van der Waals surface area contributed by atoms with Gasteiger partial charge in [-0.3, -0.25) is 4.79 Å². The molecule has 1 atom stereocenters. The first kappa shape index (κ1) is 14.0. The molecule has 0 spiro atoms. The smallest absolute Gasteiger partial charge is 0.305 e. The molecule has 0 aliphatic rings. The van der Waals surface area contributed by atoms with Crippen molar-refractivity contribution >= 4 is 17.6 Å². The fourth-order valence-electron chi connectivity index (χ4n) is 1.62. The second-order valence-corrected chi connectivity index (χ2v) is 4.34. The van der Waals surface area contributed by atoms with Gasteiger partial charge in [0.2, 0.25) is 0 Å². The molecule has 0 radical (unpaired) electrons. The van der Waals surface area contributed by atoms with Crippen LogP contribution in [0.4, 0.5) is 4.39 Å². The number of aryl methyl sites for hydroxylation is 1. The lowest BCUT2D eigenvalue weighted by molar-refractivity contribution is -0.143. The van der Waals surface area contributed by atoms with Gasteiger partial charge < -0.3 is 4.74 Å². The number of esters is 1. The van der Waals surface area contributed by atoms with E-state index in [1.54, 1.807) is 19.9 Å². The molecular formula is C13H16ClFO2. The summed E-state index contributed by atoms with van der Waals surface area (Å²) in [6.07, 6.45) is 0.770. The van der Waals surface area contributed by atoms with Crippen LogP contribution in [-0.4, -0.2) is 12.6 Å². The summed E-state index contributed by atoms with van der Waals surface area (Å²) < 4.78 is 17.7. The second-order valence-electron chi connectivity index (χ2n) is 3.81. The molecule has 0 amide bonds. The minimum atomic E-state index is -0.292. The SMILES string of the molecule is CCOC(=O)CCC(Cl)c1ccc(F)cc1C. The lowest BCUT2D eigenvalue weighted by Gasteiger charge is -2.12. The highest BCUT2D eigenvalue weighted by Crippen LogP contribution is 2.28. The second kappa shape index (κ2) is 6.60. The monoisotopic (exact) mass is 258 g/mol. The molecule has 1 aromatic carbocycles. The number of benzene rings is 1. The Morgan fingerprint density at radius 1 is 1.53 bits per heavy atom. The van der Waals surface area contributed by atoms with Gasteiger partial charge in [0.05, 0.1) is 12.0 Å². The molecule has 0 fully saturated rings. The van der Waals surface area contributed by atoms with Gasteiger partial charge in [-0.25, -0.2) is 4.39 Å². The number of halogens is 2. The summed E-state index contributed by atoms with van der Waals surface area (Å²) in [6, 6.07) is 4.48. The van der Waals surface area contributed by atoms with Crippen molar-refractivity contribution in [3.63, 3.8) is 0 Å². The Labute approximate surface area is 106 Å². The zero-order valence-corrected chi connectivity index (χ0v) is 10.8. The number of carbonyl (C=O) groups excluding carboxylic acids is 1. The van der Waals surface area contributed by atoms with Crippen molar-refractivity contribution in [2.45, 2.75) is 32.1 Å². The maximum absolute atomic E-state index is 12.9. The van der Waals surface area contributed by atoms with E-state index in [4.69, 9.17) is 16.3 Å². The fraction of sp³-hybridized carbons (Fsp3) is 0.462. The van der Waals surface area contributed by atoms with Crippen molar-refractivity contribution in [1.82, 2.24) is 0 Å². The van der Waals surface area contributed by atoms with Crippen molar-refractivity contribution in [2.75, 3.05) is 6.61 Å². The van der Waals surface area contributed by atoms with Crippen LogP contribution in [0.25, 0.3) is 0 Å². The number of ether oxygens (including phenoxy) is 1. The number of hydrogen-bond acceptors (Lipinski definition) is 2. The highest BCUT2D eigenvalue weighted by atomic mass is 35.5. The topological polar surface area (TPSA) is 26.3 Å². The van der Waals surface area contributed by atoms with Gasteiger partial charge in [-0.15, -0.1) is 11.6 Å². The molecule has 1 aromatic rings. The zero-order valence-electron chi connectivity index (χ0n) is 10.0. The van der Waals surface area contributed by atoms with Crippen molar-refractivity contribution in [3.05, 3.63) is 35.1 Å². The number of hydrogen-bond donors (Lipinski definition) is 0. The molecule has 17 heavy (non-hydrogen) atoms. The number of carbonyl (C=O) groups is 1. The van der Waals surface area contributed by atoms with Crippen molar-refractivity contribution < 1.29 is 13.9 Å². The molecule has 0 N–H and O–H groups in total. The molecule has 0 aliphatic carbocycles. The molecule has 0 saturated heterocycles. The van der Waals surface area contributed by atoms with E-state index in [1.807, 2.05) is 0 Å². The third-order valence-electron chi connectivity index (χ3n) is 2.48. The standard InChI is InChI=1S/C13H16ClFO2/c1-3-17-13(16)7-6-12(14)11-5-4-10(15)8-9(11)2/h4-5,8,12H,3,6-7H2,1-2H3. The van der Waals surface area contributed by atoms with E-state index in [0.717, 1.165) is 11.1 Å². The molecule has 0 heterocycles. The van der Waals surface area contributed by atoms with Crippen LogP contribution in [0.2, 0.25) is 0 Å². The fourth-order valence-corrected chi connectivity index (χ4v) is 1.98. The summed E-state index contributed by atoms with van der Waals surface area (Å²) >= 11 is 6.18. The third kappa shape index (κ3) is 4.35. The molecule has 0 aliphatic heterocycles. The molecule has 0 saturated carbocycles. The third-order valence-corrected chi connectivity index (χ3v) is 2.93. The van der Waals surface area contributed by atoms with Gasteiger partial charge in [0.25, 0.3) is 0 Å². The van der Waals surface area contributed by atoms with Gasteiger partial charge in [0.15, 0.2) is 0 Å². The van der Waals surface area contributed by atoms with E-state index in [1.165, 1.54) is 12.1 Å². The van der Waals surface area contributed by atoms with Crippen LogP contribution < -0.4 is 0 Å². The maximum Gasteiger partial charge on any atom is 0.305 e. The Morgan fingerprint density at radius 3 is 2.82 bits per heavy atom. The minimum Gasteiger partial charge on any atom is -0.466 e. The zero-order chi connectivity index (χ0) is 12.8. The molecule has 1 rings (SSSR count). The van der Waals surface area contributed by atoms with Crippen LogP contribution in [0.5, 0.6) is 0 Å². The van der Waals surface area contributed by atoms with Gasteiger partial charge in [-0.05, 0) is 43.5 Å². The summed E-state index contributed by atoms with van der Waals surface area (Å²) in [4.78, 5) is 11.2. The lowest BCUT2D eigenvalue weighted by Crippen LogP contribution is -2.05. The quantitative estimate of drug-likeness (QED) is 0.594. The van der Waals surface area contributed by atoms with E-state index in [-0.39, 0.29) is 23.6 Å². The van der Waals surface area contributed by atoms with Gasteiger partial charge in [-0.2, -0.15) is 0 Å². The van der Waals surface area contributed by atoms with E-state index < -0.39 is 0 Å². The predicted molar refractivity (Wildman–Crippen MR) is 65.6 cm³/mol. The van der Waals surface area contributed by atoms with Crippen LogP contribution in [-0.2, 0) is 9.53 Å². The molecule has 0 aromatic heterocycles. The van der Waals surface area contributed by atoms with Crippen LogP contribution in [0.15, 0.2) is 18.2 Å². The highest BCUT2D eigenvalue weighted by molar-refractivity contribution is 6.21. The Morgan fingerprint density at radius 2 is 2.24 bits per heavy atom. The van der Waals surface area contributed by atoms with Gasteiger partial charge >= 0.3 is 5.97 Å². The summed E-state index contributed by atoms with van der Waals surface area (Å²) in [5.41, 5.74) is 1.66. The van der Waals surface area contributed by atoms with Crippen LogP contribution in [0, 0.1) is 12.7 Å². The van der Waals surface area contributed by atoms with E-state index in [0.29, 0.717) is 13.0 Å². The number of alkyl halides is 1. The Balaban J connectivity index is 2.57. The lowest BCUT2D eigenvalue weighted by atomic mass is 10.0. The maximum atomic E-state index is 12.9. The van der Waals surface area contributed by atoms with E-state index >= 15 is 0 Å². The van der Waals surface area contributed by atoms with Crippen molar-refractivity contribution in [2.24, 2.45) is 0 Å². The normalized spacial score (nSPS) is 12.2. The Bertz CT molecular complexity index is 393. The first-order chi connectivity index (χ1) is 8.04. The first-order valence-corrected chi connectivity index (χ1v) is 6.04. The van der Waals surface area contributed by atoms with E-state index in [2.05, 4.69) is 0 Å². The average Bonchev–Trinajstić information content (AvgIpc) is 2.26. The van der Waals surface area contributed by atoms with Crippen LogP contribution in [0.3, 0.4) is 0 Å². The molecule has 4 heteroatoms. The predicted octanol–water partition coefficient (Wildman–Crippen LogP) is 3.76. The minimum absolute atomic E-state index is 0.252. The van der Waals surface area contributed by atoms with Crippen molar-refractivity contribution in [3.8, 4) is 0 Å². The average molecular weight is 259 g/mol. The molecule has 2 nitrogen and oxygen atoms in total. The summed E-state index contributed by atoms with van der Waals surface area (Å²) in [6.45, 7) is 3.94. The van der Waals surface area contributed by atoms with E-state index in [9.17, 15) is 9.18 Å². The summed E-state index contributed by atoms with van der Waals surface area (Å²) in [5.74, 6) is -0.529. The van der Waals surface area contributed by atoms with Gasteiger partial charge in [-0.1, -0.05) is 6.07 Å². The molecule has 1 unspecified atom stereocenters. The summed E-state index contributed by atoms with van der Waals surface area (Å²) in [7, 11) is 0. The first-order valence-electron chi connectivity index (χ1n) is 5.60. The number of rotatable bonds is 5. The Hall–Kier alpha value is -1.09. The molecule has 94 valence electrons. The largest absolute Gasteiger partial charge is 0.466 e. The van der Waals surface area contributed by atoms with Crippen molar-refractivity contribution in [1.29, 1.82) is 0 Å². The van der Waals surface area contributed by atoms with Crippen LogP contribution in [0.1, 0.15) is 36.3 Å². The molecular weight excluding hydrogens is 243 g/mol. The van der Waals surface area contributed by atoms with Gasteiger partial charge in [0, 0.05) is 6.42 Å².